The smallest absolute Gasteiger partial charge is 0.312 e. The first kappa shape index (κ1) is 8.53. The van der Waals surface area contributed by atoms with Crippen LogP contribution in [0.25, 0.3) is 0 Å². The Morgan fingerprint density at radius 1 is 1.46 bits per heavy atom. The standard InChI is InChI=1S/C9H15N3O/c1-9(2,6-3-4-6)5-7-11-12-8(10)13-7/h6H,3-5H2,1-2H3,(H2,10,12). The monoisotopic (exact) mass is 181 g/mol. The highest BCUT2D eigenvalue weighted by Gasteiger charge is 2.38. The summed E-state index contributed by atoms with van der Waals surface area (Å²) in [5, 5.41) is 7.51. The lowest BCUT2D eigenvalue weighted by atomic mass is 9.84. The van der Waals surface area contributed by atoms with E-state index in [9.17, 15) is 0 Å². The summed E-state index contributed by atoms with van der Waals surface area (Å²) < 4.78 is 5.15. The SMILES string of the molecule is CC(C)(Cc1nnc(N)o1)C1CC1. The summed E-state index contributed by atoms with van der Waals surface area (Å²) in [4.78, 5) is 0. The molecular weight excluding hydrogens is 166 g/mol. The molecule has 0 spiro atoms. The van der Waals surface area contributed by atoms with Gasteiger partial charge in [0.1, 0.15) is 0 Å². The van der Waals surface area contributed by atoms with Crippen LogP contribution < -0.4 is 5.73 Å². The molecule has 1 heterocycles. The summed E-state index contributed by atoms with van der Waals surface area (Å²) in [6.45, 7) is 4.48. The third-order valence-electron chi connectivity index (χ3n) is 2.77. The molecule has 2 N–H and O–H groups in total. The van der Waals surface area contributed by atoms with Gasteiger partial charge in [0.2, 0.25) is 5.89 Å². The van der Waals surface area contributed by atoms with Gasteiger partial charge in [-0.25, -0.2) is 0 Å². The van der Waals surface area contributed by atoms with Crippen LogP contribution in [0.3, 0.4) is 0 Å². The normalized spacial score (nSPS) is 17.7. The summed E-state index contributed by atoms with van der Waals surface area (Å²) in [5.41, 5.74) is 5.63. The van der Waals surface area contributed by atoms with Crippen LogP contribution in [-0.2, 0) is 6.42 Å². The second kappa shape index (κ2) is 2.72. The van der Waals surface area contributed by atoms with Crippen molar-refractivity contribution in [3.05, 3.63) is 5.89 Å². The van der Waals surface area contributed by atoms with Crippen LogP contribution in [0.2, 0.25) is 0 Å². The fourth-order valence-electron chi connectivity index (χ4n) is 1.74. The highest BCUT2D eigenvalue weighted by Crippen LogP contribution is 2.46. The molecule has 1 saturated carbocycles. The maximum absolute atomic E-state index is 5.35. The molecule has 4 nitrogen and oxygen atoms in total. The van der Waals surface area contributed by atoms with E-state index < -0.39 is 0 Å². The molecule has 1 aliphatic carbocycles. The molecule has 0 aromatic carbocycles. The van der Waals surface area contributed by atoms with Gasteiger partial charge in [-0.15, -0.1) is 5.10 Å². The van der Waals surface area contributed by atoms with Crippen molar-refractivity contribution in [1.29, 1.82) is 0 Å². The molecule has 0 bridgehead atoms. The Hall–Kier alpha value is -1.06. The molecule has 1 aliphatic rings. The molecule has 1 fully saturated rings. The first-order valence-corrected chi connectivity index (χ1v) is 4.66. The molecule has 0 aliphatic heterocycles. The van der Waals surface area contributed by atoms with Crippen molar-refractivity contribution < 1.29 is 4.42 Å². The maximum Gasteiger partial charge on any atom is 0.312 e. The van der Waals surface area contributed by atoms with Gasteiger partial charge in [0, 0.05) is 6.42 Å². The van der Waals surface area contributed by atoms with Crippen molar-refractivity contribution >= 4 is 6.01 Å². The van der Waals surface area contributed by atoms with E-state index in [2.05, 4.69) is 24.0 Å². The van der Waals surface area contributed by atoms with Gasteiger partial charge < -0.3 is 10.2 Å². The van der Waals surface area contributed by atoms with Crippen molar-refractivity contribution in [2.45, 2.75) is 33.1 Å². The number of aromatic nitrogens is 2. The Bertz CT molecular complexity index is 302. The predicted octanol–water partition coefficient (Wildman–Crippen LogP) is 1.63. The molecule has 0 unspecified atom stereocenters. The van der Waals surface area contributed by atoms with E-state index in [0.717, 1.165) is 12.3 Å². The van der Waals surface area contributed by atoms with Crippen molar-refractivity contribution in [2.24, 2.45) is 11.3 Å². The lowest BCUT2D eigenvalue weighted by molar-refractivity contribution is 0.279. The minimum Gasteiger partial charge on any atom is -0.408 e. The van der Waals surface area contributed by atoms with E-state index in [1.54, 1.807) is 0 Å². The molecule has 4 heteroatoms. The number of nitrogens with zero attached hydrogens (tertiary/aromatic N) is 2. The van der Waals surface area contributed by atoms with Crippen LogP contribution in [0.5, 0.6) is 0 Å². The average Bonchev–Trinajstić information content (AvgIpc) is 2.78. The number of nitrogen functional groups attached to an aromatic ring is 1. The fourth-order valence-corrected chi connectivity index (χ4v) is 1.74. The Kier molecular flexibility index (Phi) is 1.78. The van der Waals surface area contributed by atoms with Crippen LogP contribution in [-0.4, -0.2) is 10.2 Å². The largest absolute Gasteiger partial charge is 0.408 e. The van der Waals surface area contributed by atoms with E-state index in [-0.39, 0.29) is 11.4 Å². The van der Waals surface area contributed by atoms with Gasteiger partial charge in [-0.05, 0) is 24.2 Å². The van der Waals surface area contributed by atoms with Gasteiger partial charge in [-0.3, -0.25) is 0 Å². The van der Waals surface area contributed by atoms with Crippen LogP contribution in [0.4, 0.5) is 6.01 Å². The van der Waals surface area contributed by atoms with E-state index in [1.165, 1.54) is 12.8 Å². The second-order valence-corrected chi connectivity index (χ2v) is 4.47. The topological polar surface area (TPSA) is 64.9 Å². The van der Waals surface area contributed by atoms with E-state index in [0.29, 0.717) is 5.89 Å². The Balaban J connectivity index is 2.04. The summed E-state index contributed by atoms with van der Waals surface area (Å²) in [6, 6.07) is 0.168. The predicted molar refractivity (Wildman–Crippen MR) is 48.9 cm³/mol. The summed E-state index contributed by atoms with van der Waals surface area (Å²) in [5.74, 6) is 1.48. The highest BCUT2D eigenvalue weighted by molar-refractivity contribution is 5.06. The minimum atomic E-state index is 0.168. The van der Waals surface area contributed by atoms with Crippen LogP contribution in [0, 0.1) is 11.3 Å². The van der Waals surface area contributed by atoms with E-state index in [1.807, 2.05) is 0 Å². The van der Waals surface area contributed by atoms with Crippen molar-refractivity contribution in [2.75, 3.05) is 5.73 Å². The summed E-state index contributed by atoms with van der Waals surface area (Å²) in [7, 11) is 0. The van der Waals surface area contributed by atoms with Gasteiger partial charge in [-0.2, -0.15) is 0 Å². The molecule has 0 saturated heterocycles. The van der Waals surface area contributed by atoms with Crippen LogP contribution >= 0.6 is 0 Å². The summed E-state index contributed by atoms with van der Waals surface area (Å²) >= 11 is 0. The molecule has 0 radical (unpaired) electrons. The number of hydrogen-bond donors (Lipinski definition) is 1. The molecule has 0 atom stereocenters. The van der Waals surface area contributed by atoms with Gasteiger partial charge in [0.05, 0.1) is 0 Å². The molecule has 13 heavy (non-hydrogen) atoms. The van der Waals surface area contributed by atoms with Gasteiger partial charge in [-0.1, -0.05) is 18.9 Å². The van der Waals surface area contributed by atoms with E-state index >= 15 is 0 Å². The fraction of sp³-hybridized carbons (Fsp3) is 0.778. The van der Waals surface area contributed by atoms with Crippen molar-refractivity contribution in [3.8, 4) is 0 Å². The Morgan fingerprint density at radius 2 is 2.15 bits per heavy atom. The lowest BCUT2D eigenvalue weighted by Crippen LogP contribution is -2.17. The molecule has 1 aromatic rings. The molecule has 1 aromatic heterocycles. The van der Waals surface area contributed by atoms with Crippen molar-refractivity contribution in [3.63, 3.8) is 0 Å². The zero-order valence-corrected chi connectivity index (χ0v) is 8.08. The zero-order chi connectivity index (χ0) is 9.47. The van der Waals surface area contributed by atoms with Crippen molar-refractivity contribution in [1.82, 2.24) is 10.2 Å². The molecule has 72 valence electrons. The highest BCUT2D eigenvalue weighted by atomic mass is 16.4. The Morgan fingerprint density at radius 3 is 2.62 bits per heavy atom. The quantitative estimate of drug-likeness (QED) is 0.769. The first-order chi connectivity index (χ1) is 6.08. The molecule has 2 rings (SSSR count). The first-order valence-electron chi connectivity index (χ1n) is 4.66. The molecular formula is C9H15N3O. The zero-order valence-electron chi connectivity index (χ0n) is 8.08. The van der Waals surface area contributed by atoms with Gasteiger partial charge in [0.25, 0.3) is 0 Å². The maximum atomic E-state index is 5.35. The van der Waals surface area contributed by atoms with Crippen LogP contribution in [0.15, 0.2) is 4.42 Å². The minimum absolute atomic E-state index is 0.168. The van der Waals surface area contributed by atoms with E-state index in [4.69, 9.17) is 10.2 Å². The number of hydrogen-bond acceptors (Lipinski definition) is 4. The third-order valence-corrected chi connectivity index (χ3v) is 2.77. The number of nitrogens with two attached hydrogens (primary N) is 1. The summed E-state index contributed by atoms with van der Waals surface area (Å²) in [6.07, 6.45) is 3.50. The number of anilines is 1. The second-order valence-electron chi connectivity index (χ2n) is 4.47. The average molecular weight is 181 g/mol. The lowest BCUT2D eigenvalue weighted by Gasteiger charge is -2.21. The van der Waals surface area contributed by atoms with Gasteiger partial charge in [0.15, 0.2) is 0 Å². The third kappa shape index (κ3) is 1.82. The van der Waals surface area contributed by atoms with Gasteiger partial charge >= 0.3 is 6.01 Å². The Labute approximate surface area is 77.5 Å². The van der Waals surface area contributed by atoms with Crippen LogP contribution in [0.1, 0.15) is 32.6 Å². The number of rotatable bonds is 3. The molecule has 0 amide bonds.